The molecule has 78 valence electrons. The van der Waals surface area contributed by atoms with E-state index in [9.17, 15) is 4.39 Å². The van der Waals surface area contributed by atoms with Crippen LogP contribution in [0.3, 0.4) is 0 Å². The maximum Gasteiger partial charge on any atom is 0.165 e. The van der Waals surface area contributed by atoms with E-state index in [4.69, 9.17) is 14.9 Å². The number of aliphatic hydroxyl groups excluding tert-OH is 2. The van der Waals surface area contributed by atoms with Crippen molar-refractivity contribution in [1.82, 2.24) is 0 Å². The van der Waals surface area contributed by atoms with Crippen molar-refractivity contribution in [3.8, 4) is 5.75 Å². The molecule has 0 aromatic heterocycles. The van der Waals surface area contributed by atoms with E-state index in [0.29, 0.717) is 5.56 Å². The lowest BCUT2D eigenvalue weighted by Gasteiger charge is -2.08. The summed E-state index contributed by atoms with van der Waals surface area (Å²) in [7, 11) is 0. The monoisotopic (exact) mass is 200 g/mol. The van der Waals surface area contributed by atoms with E-state index in [2.05, 4.69) is 0 Å². The van der Waals surface area contributed by atoms with Crippen LogP contribution in [-0.2, 0) is 0 Å². The quantitative estimate of drug-likeness (QED) is 0.769. The van der Waals surface area contributed by atoms with Crippen molar-refractivity contribution in [2.24, 2.45) is 0 Å². The molecule has 0 heterocycles. The lowest BCUT2D eigenvalue weighted by molar-refractivity contribution is 0.192. The van der Waals surface area contributed by atoms with Gasteiger partial charge in [0.05, 0.1) is 12.7 Å². The fourth-order valence-electron chi connectivity index (χ4n) is 1.05. The summed E-state index contributed by atoms with van der Waals surface area (Å²) in [6.07, 6.45) is -0.698. The second kappa shape index (κ2) is 4.93. The maximum absolute atomic E-state index is 13.2. The number of hydrogen-bond acceptors (Lipinski definition) is 3. The lowest BCUT2D eigenvalue weighted by Crippen LogP contribution is -2.03. The van der Waals surface area contributed by atoms with Gasteiger partial charge in [-0.15, -0.1) is 0 Å². The number of halogens is 1. The zero-order valence-electron chi connectivity index (χ0n) is 7.90. The fraction of sp³-hybridized carbons (Fsp3) is 0.400. The Morgan fingerprint density at radius 2 is 2.21 bits per heavy atom. The Kier molecular flexibility index (Phi) is 3.85. The smallest absolute Gasteiger partial charge is 0.165 e. The SMILES string of the molecule is C[C@H](O)c1ccc(OCCO)c(F)c1. The minimum absolute atomic E-state index is 0.0605. The van der Waals surface area contributed by atoms with Gasteiger partial charge in [0.25, 0.3) is 0 Å². The van der Waals surface area contributed by atoms with E-state index in [-0.39, 0.29) is 19.0 Å². The molecule has 1 atom stereocenters. The predicted molar refractivity (Wildman–Crippen MR) is 49.6 cm³/mol. The highest BCUT2D eigenvalue weighted by Crippen LogP contribution is 2.21. The summed E-state index contributed by atoms with van der Waals surface area (Å²) in [5, 5.41) is 17.6. The number of ether oxygens (including phenoxy) is 1. The van der Waals surface area contributed by atoms with Gasteiger partial charge in [0.1, 0.15) is 6.61 Å². The number of hydrogen-bond donors (Lipinski definition) is 2. The maximum atomic E-state index is 13.2. The summed E-state index contributed by atoms with van der Waals surface area (Å²) in [6.45, 7) is 1.46. The van der Waals surface area contributed by atoms with Crippen LogP contribution in [0.15, 0.2) is 18.2 Å². The molecule has 2 N–H and O–H groups in total. The van der Waals surface area contributed by atoms with Gasteiger partial charge in [0.2, 0.25) is 0 Å². The van der Waals surface area contributed by atoms with Gasteiger partial charge in [-0.2, -0.15) is 0 Å². The molecule has 4 heteroatoms. The highest BCUT2D eigenvalue weighted by Gasteiger charge is 2.07. The first kappa shape index (κ1) is 10.9. The third-order valence-electron chi connectivity index (χ3n) is 1.79. The molecule has 0 aliphatic heterocycles. The Balaban J connectivity index is 2.79. The summed E-state index contributed by atoms with van der Waals surface area (Å²) in [6, 6.07) is 4.24. The summed E-state index contributed by atoms with van der Waals surface area (Å²) >= 11 is 0. The normalized spacial score (nSPS) is 12.6. The summed E-state index contributed by atoms with van der Waals surface area (Å²) in [4.78, 5) is 0. The molecule has 1 aromatic rings. The molecule has 3 nitrogen and oxygen atoms in total. The first-order valence-corrected chi connectivity index (χ1v) is 4.36. The summed E-state index contributed by atoms with van der Waals surface area (Å²) in [5.74, 6) is -0.444. The highest BCUT2D eigenvalue weighted by atomic mass is 19.1. The molecule has 0 aliphatic rings. The largest absolute Gasteiger partial charge is 0.488 e. The Morgan fingerprint density at radius 3 is 2.71 bits per heavy atom. The van der Waals surface area contributed by atoms with Gasteiger partial charge >= 0.3 is 0 Å². The fourth-order valence-corrected chi connectivity index (χ4v) is 1.05. The molecular formula is C10H13FO3. The van der Waals surface area contributed by atoms with Crippen LogP contribution in [0.4, 0.5) is 4.39 Å². The molecule has 0 aliphatic carbocycles. The van der Waals surface area contributed by atoms with Crippen molar-refractivity contribution in [2.75, 3.05) is 13.2 Å². The van der Waals surface area contributed by atoms with E-state index < -0.39 is 11.9 Å². The molecule has 1 rings (SSSR count). The zero-order chi connectivity index (χ0) is 10.6. The van der Waals surface area contributed by atoms with Crippen LogP contribution >= 0.6 is 0 Å². The Bertz CT molecular complexity index is 299. The van der Waals surface area contributed by atoms with Crippen LogP contribution in [0, 0.1) is 5.82 Å². The van der Waals surface area contributed by atoms with Gasteiger partial charge in [0, 0.05) is 0 Å². The molecule has 0 saturated heterocycles. The Hall–Kier alpha value is -1.13. The lowest BCUT2D eigenvalue weighted by atomic mass is 10.1. The molecule has 1 aromatic carbocycles. The Labute approximate surface area is 81.8 Å². The van der Waals surface area contributed by atoms with Gasteiger partial charge in [-0.3, -0.25) is 0 Å². The van der Waals surface area contributed by atoms with Crippen molar-refractivity contribution in [3.63, 3.8) is 0 Å². The van der Waals surface area contributed by atoms with Crippen LogP contribution in [-0.4, -0.2) is 23.4 Å². The van der Waals surface area contributed by atoms with Crippen molar-refractivity contribution < 1.29 is 19.3 Å². The molecular weight excluding hydrogens is 187 g/mol. The van der Waals surface area contributed by atoms with Crippen molar-refractivity contribution in [2.45, 2.75) is 13.0 Å². The first-order chi connectivity index (χ1) is 6.65. The standard InChI is InChI=1S/C10H13FO3/c1-7(13)8-2-3-10(9(11)6-8)14-5-4-12/h2-3,6-7,12-13H,4-5H2,1H3/t7-/m0/s1. The minimum atomic E-state index is -0.698. The van der Waals surface area contributed by atoms with Gasteiger partial charge in [-0.1, -0.05) is 6.07 Å². The van der Waals surface area contributed by atoms with Crippen molar-refractivity contribution in [1.29, 1.82) is 0 Å². The number of aliphatic hydroxyl groups is 2. The second-order valence-electron chi connectivity index (χ2n) is 2.94. The molecule has 0 radical (unpaired) electrons. The van der Waals surface area contributed by atoms with E-state index >= 15 is 0 Å². The Morgan fingerprint density at radius 1 is 1.50 bits per heavy atom. The minimum Gasteiger partial charge on any atom is -0.488 e. The van der Waals surface area contributed by atoms with Crippen molar-refractivity contribution >= 4 is 0 Å². The van der Waals surface area contributed by atoms with Crippen LogP contribution in [0.1, 0.15) is 18.6 Å². The van der Waals surface area contributed by atoms with Crippen LogP contribution < -0.4 is 4.74 Å². The molecule has 14 heavy (non-hydrogen) atoms. The third-order valence-corrected chi connectivity index (χ3v) is 1.79. The van der Waals surface area contributed by atoms with Gasteiger partial charge in [-0.25, -0.2) is 4.39 Å². The summed E-state index contributed by atoms with van der Waals surface area (Å²) < 4.78 is 18.1. The molecule has 0 saturated carbocycles. The zero-order valence-corrected chi connectivity index (χ0v) is 7.90. The molecule has 0 spiro atoms. The van der Waals surface area contributed by atoms with E-state index in [1.54, 1.807) is 13.0 Å². The van der Waals surface area contributed by atoms with E-state index in [0.717, 1.165) is 0 Å². The average molecular weight is 200 g/mol. The van der Waals surface area contributed by atoms with Crippen molar-refractivity contribution in [3.05, 3.63) is 29.6 Å². The van der Waals surface area contributed by atoms with E-state index in [1.165, 1.54) is 12.1 Å². The third kappa shape index (κ3) is 2.68. The number of rotatable bonds is 4. The van der Waals surface area contributed by atoms with Crippen LogP contribution in [0.2, 0.25) is 0 Å². The van der Waals surface area contributed by atoms with E-state index in [1.807, 2.05) is 0 Å². The molecule has 0 fully saturated rings. The van der Waals surface area contributed by atoms with Gasteiger partial charge < -0.3 is 14.9 Å². The highest BCUT2D eigenvalue weighted by molar-refractivity contribution is 5.30. The number of benzene rings is 1. The second-order valence-corrected chi connectivity index (χ2v) is 2.94. The van der Waals surface area contributed by atoms with Crippen LogP contribution in [0.5, 0.6) is 5.75 Å². The summed E-state index contributed by atoms with van der Waals surface area (Å²) in [5.41, 5.74) is 0.499. The van der Waals surface area contributed by atoms with Gasteiger partial charge in [0.15, 0.2) is 11.6 Å². The predicted octanol–water partition coefficient (Wildman–Crippen LogP) is 1.25. The molecule has 0 amide bonds. The molecule has 0 bridgehead atoms. The van der Waals surface area contributed by atoms with Crippen LogP contribution in [0.25, 0.3) is 0 Å². The average Bonchev–Trinajstić information content (AvgIpc) is 2.15. The molecule has 0 unspecified atom stereocenters. The first-order valence-electron chi connectivity index (χ1n) is 4.36. The van der Waals surface area contributed by atoms with Gasteiger partial charge in [-0.05, 0) is 24.6 Å². The topological polar surface area (TPSA) is 49.7 Å².